The molecule has 1 aromatic carbocycles. The lowest BCUT2D eigenvalue weighted by Crippen LogP contribution is -2.27. The molecule has 17 heavy (non-hydrogen) atoms. The van der Waals surface area contributed by atoms with Gasteiger partial charge in [-0.15, -0.1) is 11.3 Å². The van der Waals surface area contributed by atoms with Gasteiger partial charge >= 0.3 is 0 Å². The van der Waals surface area contributed by atoms with Gasteiger partial charge in [-0.25, -0.2) is 0 Å². The van der Waals surface area contributed by atoms with E-state index in [1.165, 1.54) is 0 Å². The maximum absolute atomic E-state index is 12.0. The van der Waals surface area contributed by atoms with Crippen LogP contribution in [-0.2, 0) is 11.2 Å². The Labute approximate surface area is 104 Å². The predicted octanol–water partition coefficient (Wildman–Crippen LogP) is 2.66. The maximum atomic E-state index is 12.0. The normalized spacial score (nSPS) is 10.2. The fourth-order valence-electron chi connectivity index (χ4n) is 1.53. The first kappa shape index (κ1) is 11.7. The van der Waals surface area contributed by atoms with Gasteiger partial charge in [-0.1, -0.05) is 12.1 Å². The van der Waals surface area contributed by atoms with Crippen molar-refractivity contribution in [3.05, 3.63) is 46.7 Å². The first-order chi connectivity index (χ1) is 8.16. The first-order valence-corrected chi connectivity index (χ1v) is 6.13. The molecule has 2 aromatic rings. The zero-order valence-corrected chi connectivity index (χ0v) is 10.3. The summed E-state index contributed by atoms with van der Waals surface area (Å²) in [5.41, 5.74) is 0.701. The minimum Gasteiger partial charge on any atom is -0.508 e. The molecule has 2 rings (SSSR count). The summed E-state index contributed by atoms with van der Waals surface area (Å²) in [6.45, 7) is 0. The van der Waals surface area contributed by atoms with E-state index < -0.39 is 0 Å². The van der Waals surface area contributed by atoms with E-state index in [0.717, 1.165) is 4.88 Å². The number of likely N-dealkylation sites (N-methyl/N-ethyl adjacent to an activating group) is 1. The summed E-state index contributed by atoms with van der Waals surface area (Å²) in [5, 5.41) is 11.3. The van der Waals surface area contributed by atoms with Gasteiger partial charge in [0.25, 0.3) is 0 Å². The summed E-state index contributed by atoms with van der Waals surface area (Å²) >= 11 is 1.57. The molecule has 1 heterocycles. The van der Waals surface area contributed by atoms with Crippen molar-refractivity contribution in [3.8, 4) is 5.75 Å². The molecule has 3 nitrogen and oxygen atoms in total. The fraction of sp³-hybridized carbons (Fsp3) is 0.154. The van der Waals surface area contributed by atoms with Crippen LogP contribution in [0.2, 0.25) is 0 Å². The Kier molecular flexibility index (Phi) is 3.44. The highest BCUT2D eigenvalue weighted by Crippen LogP contribution is 2.20. The van der Waals surface area contributed by atoms with Gasteiger partial charge in [-0.05, 0) is 23.6 Å². The molecule has 0 aliphatic heterocycles. The number of carbonyl (C=O) groups excluding carboxylic acids is 1. The van der Waals surface area contributed by atoms with Gasteiger partial charge in [0.2, 0.25) is 5.91 Å². The SMILES string of the molecule is CN(C(=O)Cc1cccs1)c1cccc(O)c1. The summed E-state index contributed by atoms with van der Waals surface area (Å²) in [5.74, 6) is 0.177. The number of anilines is 1. The van der Waals surface area contributed by atoms with Crippen molar-refractivity contribution in [1.82, 2.24) is 0 Å². The number of phenols is 1. The van der Waals surface area contributed by atoms with Crippen LogP contribution in [-0.4, -0.2) is 18.1 Å². The summed E-state index contributed by atoms with van der Waals surface area (Å²) < 4.78 is 0. The second-order valence-electron chi connectivity index (χ2n) is 3.73. The van der Waals surface area contributed by atoms with E-state index >= 15 is 0 Å². The predicted molar refractivity (Wildman–Crippen MR) is 69.5 cm³/mol. The van der Waals surface area contributed by atoms with E-state index in [1.54, 1.807) is 47.5 Å². The summed E-state index contributed by atoms with van der Waals surface area (Å²) in [6.07, 6.45) is 0.393. The molecule has 0 aliphatic rings. The topological polar surface area (TPSA) is 40.5 Å². The molecule has 0 fully saturated rings. The molecule has 1 N–H and O–H groups in total. The molecular weight excluding hydrogens is 234 g/mol. The van der Waals surface area contributed by atoms with Gasteiger partial charge in [0.15, 0.2) is 0 Å². The molecule has 4 heteroatoms. The van der Waals surface area contributed by atoms with E-state index in [-0.39, 0.29) is 11.7 Å². The number of hydrogen-bond donors (Lipinski definition) is 1. The molecule has 1 aromatic heterocycles. The van der Waals surface area contributed by atoms with Crippen molar-refractivity contribution < 1.29 is 9.90 Å². The number of benzene rings is 1. The summed E-state index contributed by atoms with van der Waals surface area (Å²) in [7, 11) is 1.71. The Morgan fingerprint density at radius 1 is 1.35 bits per heavy atom. The van der Waals surface area contributed by atoms with Crippen LogP contribution in [0.1, 0.15) is 4.88 Å². The monoisotopic (exact) mass is 247 g/mol. The Balaban J connectivity index is 2.09. The lowest BCUT2D eigenvalue weighted by atomic mass is 10.2. The van der Waals surface area contributed by atoms with Gasteiger partial charge in [-0.2, -0.15) is 0 Å². The van der Waals surface area contributed by atoms with Gasteiger partial charge < -0.3 is 10.0 Å². The number of nitrogens with zero attached hydrogens (tertiary/aromatic N) is 1. The van der Waals surface area contributed by atoms with Crippen LogP contribution in [0.15, 0.2) is 41.8 Å². The molecule has 0 bridgehead atoms. The van der Waals surface area contributed by atoms with Gasteiger partial charge in [0, 0.05) is 23.7 Å². The Hall–Kier alpha value is -1.81. The smallest absolute Gasteiger partial charge is 0.231 e. The standard InChI is InChI=1S/C13H13NO2S/c1-14(10-4-2-5-11(15)8-10)13(16)9-12-6-3-7-17-12/h2-8,15H,9H2,1H3. The first-order valence-electron chi connectivity index (χ1n) is 5.25. The van der Waals surface area contributed by atoms with Crippen LogP contribution in [0.3, 0.4) is 0 Å². The third kappa shape index (κ3) is 2.85. The highest BCUT2D eigenvalue weighted by atomic mass is 32.1. The van der Waals surface area contributed by atoms with E-state index in [0.29, 0.717) is 12.1 Å². The average Bonchev–Trinajstić information content (AvgIpc) is 2.80. The quantitative estimate of drug-likeness (QED) is 0.905. The van der Waals surface area contributed by atoms with Gasteiger partial charge in [0.1, 0.15) is 5.75 Å². The van der Waals surface area contributed by atoms with Crippen LogP contribution in [0.5, 0.6) is 5.75 Å². The second kappa shape index (κ2) is 5.01. The van der Waals surface area contributed by atoms with Crippen LogP contribution in [0.4, 0.5) is 5.69 Å². The van der Waals surface area contributed by atoms with Gasteiger partial charge in [-0.3, -0.25) is 4.79 Å². The Bertz CT molecular complexity index is 508. The van der Waals surface area contributed by atoms with Crippen LogP contribution in [0.25, 0.3) is 0 Å². The molecule has 1 amide bonds. The van der Waals surface area contributed by atoms with Crippen molar-refractivity contribution in [2.75, 3.05) is 11.9 Å². The third-order valence-corrected chi connectivity index (χ3v) is 3.37. The average molecular weight is 247 g/mol. The van der Waals surface area contributed by atoms with E-state index in [2.05, 4.69) is 0 Å². The number of amides is 1. The fourth-order valence-corrected chi connectivity index (χ4v) is 2.22. The zero-order chi connectivity index (χ0) is 12.3. The lowest BCUT2D eigenvalue weighted by molar-refractivity contribution is -0.117. The number of thiophene rings is 1. The molecule has 0 unspecified atom stereocenters. The highest BCUT2D eigenvalue weighted by Gasteiger charge is 2.12. The van der Waals surface area contributed by atoms with Crippen molar-refractivity contribution in [3.63, 3.8) is 0 Å². The third-order valence-electron chi connectivity index (χ3n) is 2.50. The zero-order valence-electron chi connectivity index (χ0n) is 9.46. The van der Waals surface area contributed by atoms with Crippen LogP contribution < -0.4 is 4.90 Å². The van der Waals surface area contributed by atoms with Crippen molar-refractivity contribution in [2.24, 2.45) is 0 Å². The summed E-state index contributed by atoms with van der Waals surface area (Å²) in [4.78, 5) is 14.6. The largest absolute Gasteiger partial charge is 0.508 e. The lowest BCUT2D eigenvalue weighted by Gasteiger charge is -2.17. The molecule has 0 spiro atoms. The molecule has 88 valence electrons. The van der Waals surface area contributed by atoms with E-state index in [1.807, 2.05) is 17.5 Å². The van der Waals surface area contributed by atoms with E-state index in [9.17, 15) is 9.90 Å². The summed E-state index contributed by atoms with van der Waals surface area (Å²) in [6, 6.07) is 10.6. The van der Waals surface area contributed by atoms with Crippen molar-refractivity contribution >= 4 is 22.9 Å². The number of rotatable bonds is 3. The Morgan fingerprint density at radius 3 is 2.82 bits per heavy atom. The minimum absolute atomic E-state index is 0.0121. The maximum Gasteiger partial charge on any atom is 0.231 e. The molecule has 0 saturated carbocycles. The Morgan fingerprint density at radius 2 is 2.18 bits per heavy atom. The number of aromatic hydroxyl groups is 1. The molecule has 0 atom stereocenters. The second-order valence-corrected chi connectivity index (χ2v) is 4.76. The van der Waals surface area contributed by atoms with Crippen molar-refractivity contribution in [1.29, 1.82) is 0 Å². The highest BCUT2D eigenvalue weighted by molar-refractivity contribution is 7.10. The number of hydrogen-bond acceptors (Lipinski definition) is 3. The number of phenolic OH excluding ortho intramolecular Hbond substituents is 1. The van der Waals surface area contributed by atoms with Crippen LogP contribution in [0, 0.1) is 0 Å². The minimum atomic E-state index is 0.0121. The van der Waals surface area contributed by atoms with Crippen molar-refractivity contribution in [2.45, 2.75) is 6.42 Å². The molecule has 0 saturated heterocycles. The molecule has 0 radical (unpaired) electrons. The number of carbonyl (C=O) groups is 1. The van der Waals surface area contributed by atoms with E-state index in [4.69, 9.17) is 0 Å². The van der Waals surface area contributed by atoms with Crippen LogP contribution >= 0.6 is 11.3 Å². The molecule has 0 aliphatic carbocycles. The molecular formula is C13H13NO2S. The van der Waals surface area contributed by atoms with Gasteiger partial charge in [0.05, 0.1) is 6.42 Å².